The van der Waals surface area contributed by atoms with Crippen molar-refractivity contribution in [1.29, 1.82) is 0 Å². The van der Waals surface area contributed by atoms with E-state index >= 15 is 0 Å². The van der Waals surface area contributed by atoms with Gasteiger partial charge in [0.1, 0.15) is 11.4 Å². The average Bonchev–Trinajstić information content (AvgIpc) is 2.17. The molecule has 1 heterocycles. The zero-order valence-electron chi connectivity index (χ0n) is 8.11. The summed E-state index contributed by atoms with van der Waals surface area (Å²) >= 11 is 1.50. The maximum atomic E-state index is 11.3. The van der Waals surface area contributed by atoms with Gasteiger partial charge in [-0.15, -0.1) is 11.8 Å². The van der Waals surface area contributed by atoms with Crippen LogP contribution in [0.2, 0.25) is 0 Å². The van der Waals surface area contributed by atoms with Gasteiger partial charge in [0.25, 0.3) is 0 Å². The molecule has 3 N–H and O–H groups in total. The number of nitrogens with one attached hydrogen (secondary N) is 1. The first-order chi connectivity index (χ1) is 6.69. The van der Waals surface area contributed by atoms with Crippen LogP contribution in [0.25, 0.3) is 0 Å². The fraction of sp³-hybridized carbons (Fsp3) is 0.500. The number of thioether (sulfide) groups is 1. The van der Waals surface area contributed by atoms with Gasteiger partial charge in [0.05, 0.1) is 6.61 Å². The Bertz CT molecular complexity index is 288. The Labute approximate surface area is 86.8 Å². The Morgan fingerprint density at radius 3 is 3.07 bits per heavy atom. The summed E-state index contributed by atoms with van der Waals surface area (Å²) in [6.45, 7) is 2.07. The normalized spacial score (nSPS) is 20.6. The zero-order chi connectivity index (χ0) is 10.6. The van der Waals surface area contributed by atoms with Crippen LogP contribution < -0.4 is 11.1 Å². The van der Waals surface area contributed by atoms with Gasteiger partial charge in [-0.25, -0.2) is 9.79 Å². The van der Waals surface area contributed by atoms with Crippen LogP contribution in [0.1, 0.15) is 6.92 Å². The summed E-state index contributed by atoms with van der Waals surface area (Å²) in [5.41, 5.74) is 5.78. The van der Waals surface area contributed by atoms with E-state index < -0.39 is 5.97 Å². The molecule has 0 aromatic rings. The van der Waals surface area contributed by atoms with Gasteiger partial charge in [0.2, 0.25) is 0 Å². The van der Waals surface area contributed by atoms with Gasteiger partial charge >= 0.3 is 5.97 Å². The number of nitrogens with two attached hydrogens (primary N) is 1. The van der Waals surface area contributed by atoms with Crippen LogP contribution in [0.5, 0.6) is 0 Å². The number of carbonyl (C=O) groups excluding carboxylic acids is 1. The maximum Gasteiger partial charge on any atom is 0.343 e. The summed E-state index contributed by atoms with van der Waals surface area (Å²) in [5.74, 6) is -0.220. The molecule has 0 bridgehead atoms. The third-order valence-corrected chi connectivity index (χ3v) is 2.31. The van der Waals surface area contributed by atoms with Gasteiger partial charge in [0, 0.05) is 6.20 Å². The minimum Gasteiger partial charge on any atom is -0.462 e. The van der Waals surface area contributed by atoms with Crippen molar-refractivity contribution in [2.75, 3.05) is 12.9 Å². The van der Waals surface area contributed by atoms with Crippen molar-refractivity contribution in [3.63, 3.8) is 0 Å². The van der Waals surface area contributed by atoms with E-state index in [1.54, 1.807) is 13.1 Å². The van der Waals surface area contributed by atoms with Gasteiger partial charge < -0.3 is 15.8 Å². The first kappa shape index (κ1) is 10.9. The highest BCUT2D eigenvalue weighted by molar-refractivity contribution is 7.99. The van der Waals surface area contributed by atoms with Crippen LogP contribution in [0.15, 0.2) is 16.8 Å². The fourth-order valence-corrected chi connectivity index (χ4v) is 1.38. The van der Waals surface area contributed by atoms with Crippen LogP contribution in [0.4, 0.5) is 0 Å². The van der Waals surface area contributed by atoms with Crippen molar-refractivity contribution in [2.45, 2.75) is 12.4 Å². The maximum absolute atomic E-state index is 11.3. The lowest BCUT2D eigenvalue weighted by Crippen LogP contribution is -2.34. The van der Waals surface area contributed by atoms with E-state index in [0.717, 1.165) is 0 Å². The molecule has 0 aromatic carbocycles. The Balaban J connectivity index is 2.69. The highest BCUT2D eigenvalue weighted by Gasteiger charge is 2.20. The molecule has 1 rings (SSSR count). The van der Waals surface area contributed by atoms with E-state index in [-0.39, 0.29) is 16.9 Å². The molecule has 0 aromatic heterocycles. The molecule has 6 heteroatoms. The molecule has 5 nitrogen and oxygen atoms in total. The largest absolute Gasteiger partial charge is 0.462 e. The molecule has 0 amide bonds. The summed E-state index contributed by atoms with van der Waals surface area (Å²) < 4.78 is 4.81. The van der Waals surface area contributed by atoms with Crippen molar-refractivity contribution in [1.82, 2.24) is 5.32 Å². The van der Waals surface area contributed by atoms with Crippen LogP contribution in [0, 0.1) is 0 Å². The van der Waals surface area contributed by atoms with Gasteiger partial charge in [0.15, 0.2) is 5.50 Å². The molecule has 0 unspecified atom stereocenters. The number of rotatable bonds is 3. The second kappa shape index (κ2) is 4.90. The first-order valence-electron chi connectivity index (χ1n) is 4.18. The predicted octanol–water partition coefficient (Wildman–Crippen LogP) is 0.0404. The van der Waals surface area contributed by atoms with Crippen molar-refractivity contribution < 1.29 is 9.53 Å². The SMILES string of the molecule is CCOC(=O)C1=CN[C@@H](SC)N=C1N. The lowest BCUT2D eigenvalue weighted by Gasteiger charge is -2.17. The molecule has 1 aliphatic heterocycles. The van der Waals surface area contributed by atoms with E-state index in [1.165, 1.54) is 11.8 Å². The van der Waals surface area contributed by atoms with Crippen LogP contribution in [-0.4, -0.2) is 30.2 Å². The third-order valence-electron chi connectivity index (χ3n) is 1.62. The van der Waals surface area contributed by atoms with E-state index in [9.17, 15) is 4.79 Å². The predicted molar refractivity (Wildman–Crippen MR) is 56.8 cm³/mol. The molecule has 0 saturated heterocycles. The molecule has 1 aliphatic rings. The number of aliphatic imine (C=N–C) groups is 1. The van der Waals surface area contributed by atoms with E-state index in [1.807, 2.05) is 6.26 Å². The standard InChI is InChI=1S/C8H13N3O2S/c1-3-13-7(12)5-4-10-8(14-2)11-6(5)9/h4,8,10H,3H2,1-2H3,(H2,9,11)/t8-/m1/s1. The van der Waals surface area contributed by atoms with Crippen molar-refractivity contribution >= 4 is 23.6 Å². The molecular weight excluding hydrogens is 202 g/mol. The number of carbonyl (C=O) groups is 1. The summed E-state index contributed by atoms with van der Waals surface area (Å²) in [5, 5.41) is 2.92. The quantitative estimate of drug-likeness (QED) is 0.650. The number of ether oxygens (including phenoxy) is 1. The second-order valence-electron chi connectivity index (χ2n) is 2.55. The van der Waals surface area contributed by atoms with Crippen LogP contribution in [-0.2, 0) is 9.53 Å². The van der Waals surface area contributed by atoms with Crippen LogP contribution in [0.3, 0.4) is 0 Å². The summed E-state index contributed by atoms with van der Waals surface area (Å²) in [7, 11) is 0. The molecule has 14 heavy (non-hydrogen) atoms. The third kappa shape index (κ3) is 2.41. The Morgan fingerprint density at radius 1 is 1.86 bits per heavy atom. The molecule has 0 radical (unpaired) electrons. The smallest absolute Gasteiger partial charge is 0.343 e. The van der Waals surface area contributed by atoms with Gasteiger partial charge in [-0.1, -0.05) is 0 Å². The lowest BCUT2D eigenvalue weighted by molar-refractivity contribution is -0.137. The second-order valence-corrected chi connectivity index (χ2v) is 3.47. The molecular formula is C8H13N3O2S. The van der Waals surface area contributed by atoms with E-state index in [2.05, 4.69) is 10.3 Å². The van der Waals surface area contributed by atoms with Crippen molar-refractivity contribution in [3.8, 4) is 0 Å². The Kier molecular flexibility index (Phi) is 3.82. The number of esters is 1. The minimum absolute atomic E-state index is 0.117. The first-order valence-corrected chi connectivity index (χ1v) is 5.47. The number of hydrogen-bond acceptors (Lipinski definition) is 6. The molecule has 0 spiro atoms. The molecule has 78 valence electrons. The number of amidine groups is 1. The highest BCUT2D eigenvalue weighted by Crippen LogP contribution is 2.11. The van der Waals surface area contributed by atoms with Crippen molar-refractivity contribution in [2.24, 2.45) is 10.7 Å². The molecule has 0 saturated carbocycles. The summed E-state index contributed by atoms with van der Waals surface area (Å²) in [6.07, 6.45) is 3.44. The Hall–Kier alpha value is -1.17. The molecule has 0 aliphatic carbocycles. The van der Waals surface area contributed by atoms with Crippen LogP contribution >= 0.6 is 11.8 Å². The molecule has 1 atom stereocenters. The Morgan fingerprint density at radius 2 is 2.57 bits per heavy atom. The summed E-state index contributed by atoms with van der Waals surface area (Å²) in [6, 6.07) is 0. The van der Waals surface area contributed by atoms with E-state index in [0.29, 0.717) is 6.61 Å². The van der Waals surface area contributed by atoms with E-state index in [4.69, 9.17) is 10.5 Å². The van der Waals surface area contributed by atoms with Gasteiger partial charge in [-0.2, -0.15) is 0 Å². The zero-order valence-corrected chi connectivity index (χ0v) is 8.93. The topological polar surface area (TPSA) is 76.7 Å². The van der Waals surface area contributed by atoms with Crippen molar-refractivity contribution in [3.05, 3.63) is 11.8 Å². The van der Waals surface area contributed by atoms with Gasteiger partial charge in [-0.3, -0.25) is 0 Å². The average molecular weight is 215 g/mol. The fourth-order valence-electron chi connectivity index (χ4n) is 0.955. The number of hydrogen-bond donors (Lipinski definition) is 2. The van der Waals surface area contributed by atoms with Gasteiger partial charge in [-0.05, 0) is 13.2 Å². The summed E-state index contributed by atoms with van der Waals surface area (Å²) in [4.78, 5) is 15.4. The minimum atomic E-state index is -0.444. The number of nitrogens with zero attached hydrogens (tertiary/aromatic N) is 1. The highest BCUT2D eigenvalue weighted by atomic mass is 32.2. The molecule has 0 fully saturated rings. The lowest BCUT2D eigenvalue weighted by atomic mass is 10.2. The monoisotopic (exact) mass is 215 g/mol.